The Bertz CT molecular complexity index is 740. The van der Waals surface area contributed by atoms with Crippen LogP contribution in [0.25, 0.3) is 0 Å². The van der Waals surface area contributed by atoms with Gasteiger partial charge in [-0.2, -0.15) is 0 Å². The van der Waals surface area contributed by atoms with Gasteiger partial charge in [0.2, 0.25) is 0 Å². The number of methoxy groups -OCH3 is 1. The largest absolute Gasteiger partial charge is 0.496 e. The van der Waals surface area contributed by atoms with Gasteiger partial charge in [0.15, 0.2) is 0 Å². The molecular weight excluding hydrogens is 328 g/mol. The molecular formula is C21H26N2O3. The minimum Gasteiger partial charge on any atom is -0.496 e. The van der Waals surface area contributed by atoms with Gasteiger partial charge in [0.05, 0.1) is 7.11 Å². The van der Waals surface area contributed by atoms with Crippen molar-refractivity contribution in [1.29, 1.82) is 0 Å². The molecule has 0 bridgehead atoms. The summed E-state index contributed by atoms with van der Waals surface area (Å²) in [6.45, 7) is 5.15. The van der Waals surface area contributed by atoms with Crippen LogP contribution >= 0.6 is 0 Å². The lowest BCUT2D eigenvalue weighted by molar-refractivity contribution is -0.143. The number of hydrogen-bond donors (Lipinski definition) is 1. The van der Waals surface area contributed by atoms with E-state index in [0.717, 1.165) is 43.1 Å². The molecule has 0 amide bonds. The average molecular weight is 354 g/mol. The van der Waals surface area contributed by atoms with Crippen LogP contribution in [-0.2, 0) is 11.2 Å². The van der Waals surface area contributed by atoms with Crippen molar-refractivity contribution in [3.63, 3.8) is 0 Å². The van der Waals surface area contributed by atoms with Gasteiger partial charge in [-0.15, -0.1) is 0 Å². The third kappa shape index (κ3) is 4.17. The highest BCUT2D eigenvalue weighted by atomic mass is 16.5. The SMILES string of the molecule is COc1ccc(C)cc1C[C@H](C(=O)O)N1CCN(c2ccccc2)CC1. The first-order chi connectivity index (χ1) is 12.6. The molecule has 1 heterocycles. The molecule has 5 heteroatoms. The normalized spacial score (nSPS) is 16.3. The molecule has 1 aliphatic heterocycles. The second kappa shape index (κ2) is 8.23. The van der Waals surface area contributed by atoms with Crippen LogP contribution in [0.1, 0.15) is 11.1 Å². The van der Waals surface area contributed by atoms with E-state index in [0.29, 0.717) is 6.42 Å². The summed E-state index contributed by atoms with van der Waals surface area (Å²) in [5.74, 6) is -0.0218. The molecule has 1 aliphatic rings. The first-order valence-corrected chi connectivity index (χ1v) is 8.99. The predicted octanol–water partition coefficient (Wildman–Crippen LogP) is 2.82. The van der Waals surface area contributed by atoms with Crippen molar-refractivity contribution >= 4 is 11.7 Å². The van der Waals surface area contributed by atoms with E-state index >= 15 is 0 Å². The standard InChI is InChI=1S/C21H26N2O3/c1-16-8-9-20(26-2)17(14-16)15-19(21(24)25)23-12-10-22(11-13-23)18-6-4-3-5-7-18/h3-9,14,19H,10-13,15H2,1-2H3,(H,24,25)/t19-/m1/s1. The number of carbonyl (C=O) groups is 1. The van der Waals surface area contributed by atoms with Gasteiger partial charge >= 0.3 is 5.97 Å². The number of aryl methyl sites for hydroxylation is 1. The van der Waals surface area contributed by atoms with Gasteiger partial charge in [-0.3, -0.25) is 9.69 Å². The zero-order valence-electron chi connectivity index (χ0n) is 15.4. The molecule has 0 aromatic heterocycles. The fourth-order valence-electron chi connectivity index (χ4n) is 3.58. The van der Waals surface area contributed by atoms with Crippen LogP contribution in [-0.4, -0.2) is 55.3 Å². The van der Waals surface area contributed by atoms with E-state index in [1.54, 1.807) is 7.11 Å². The average Bonchev–Trinajstić information content (AvgIpc) is 2.67. The highest BCUT2D eigenvalue weighted by Crippen LogP contribution is 2.24. The fourth-order valence-corrected chi connectivity index (χ4v) is 3.58. The predicted molar refractivity (Wildman–Crippen MR) is 103 cm³/mol. The number of para-hydroxylation sites is 1. The lowest BCUT2D eigenvalue weighted by Crippen LogP contribution is -2.53. The van der Waals surface area contributed by atoms with E-state index in [1.807, 2.05) is 43.3 Å². The smallest absolute Gasteiger partial charge is 0.321 e. The number of piperazine rings is 1. The summed E-state index contributed by atoms with van der Waals surface area (Å²) in [7, 11) is 1.63. The lowest BCUT2D eigenvalue weighted by Gasteiger charge is -2.39. The molecule has 1 saturated heterocycles. The maximum Gasteiger partial charge on any atom is 0.321 e. The molecule has 0 aliphatic carbocycles. The summed E-state index contributed by atoms with van der Waals surface area (Å²) in [5.41, 5.74) is 3.25. The highest BCUT2D eigenvalue weighted by Gasteiger charge is 2.30. The maximum absolute atomic E-state index is 11.9. The number of anilines is 1. The van der Waals surface area contributed by atoms with Crippen molar-refractivity contribution in [2.75, 3.05) is 38.2 Å². The van der Waals surface area contributed by atoms with Crippen LogP contribution in [0.4, 0.5) is 5.69 Å². The summed E-state index contributed by atoms with van der Waals surface area (Å²) < 4.78 is 5.42. The number of hydrogen-bond acceptors (Lipinski definition) is 4. The topological polar surface area (TPSA) is 53.0 Å². The molecule has 3 rings (SSSR count). The Morgan fingerprint density at radius 2 is 1.81 bits per heavy atom. The van der Waals surface area contributed by atoms with Crippen molar-refractivity contribution in [3.8, 4) is 5.75 Å². The first-order valence-electron chi connectivity index (χ1n) is 8.99. The molecule has 0 spiro atoms. The minimum atomic E-state index is -0.776. The van der Waals surface area contributed by atoms with E-state index in [9.17, 15) is 9.90 Å². The van der Waals surface area contributed by atoms with E-state index in [1.165, 1.54) is 5.69 Å². The molecule has 0 radical (unpaired) electrons. The number of carboxylic acid groups (broad SMARTS) is 1. The van der Waals surface area contributed by atoms with Crippen LogP contribution in [0.5, 0.6) is 5.75 Å². The van der Waals surface area contributed by atoms with Gasteiger partial charge in [0.25, 0.3) is 0 Å². The number of rotatable bonds is 6. The molecule has 2 aromatic carbocycles. The fraction of sp³-hybridized carbons (Fsp3) is 0.381. The van der Waals surface area contributed by atoms with Gasteiger partial charge in [-0.25, -0.2) is 0 Å². The van der Waals surface area contributed by atoms with Crippen LogP contribution < -0.4 is 9.64 Å². The van der Waals surface area contributed by atoms with Crippen molar-refractivity contribution in [2.45, 2.75) is 19.4 Å². The summed E-state index contributed by atoms with van der Waals surface area (Å²) >= 11 is 0. The Hall–Kier alpha value is -2.53. The van der Waals surface area contributed by atoms with Crippen LogP contribution in [0.2, 0.25) is 0 Å². The van der Waals surface area contributed by atoms with E-state index in [-0.39, 0.29) is 0 Å². The van der Waals surface area contributed by atoms with Crippen molar-refractivity contribution in [3.05, 3.63) is 59.7 Å². The summed E-state index contributed by atoms with van der Waals surface area (Å²) in [4.78, 5) is 16.3. The summed E-state index contributed by atoms with van der Waals surface area (Å²) in [6.07, 6.45) is 0.450. The van der Waals surface area contributed by atoms with Crippen LogP contribution in [0.15, 0.2) is 48.5 Å². The van der Waals surface area contributed by atoms with Gasteiger partial charge < -0.3 is 14.7 Å². The van der Waals surface area contributed by atoms with Crippen molar-refractivity contribution in [1.82, 2.24) is 4.90 Å². The minimum absolute atomic E-state index is 0.450. The molecule has 138 valence electrons. The Balaban J connectivity index is 1.70. The molecule has 5 nitrogen and oxygen atoms in total. The first kappa shape index (κ1) is 18.3. The van der Waals surface area contributed by atoms with Gasteiger partial charge in [-0.1, -0.05) is 35.9 Å². The van der Waals surface area contributed by atoms with Gasteiger partial charge in [0.1, 0.15) is 11.8 Å². The molecule has 1 N–H and O–H groups in total. The second-order valence-corrected chi connectivity index (χ2v) is 6.73. The van der Waals surface area contributed by atoms with E-state index < -0.39 is 12.0 Å². The summed E-state index contributed by atoms with van der Waals surface area (Å²) in [6, 6.07) is 15.7. The molecule has 1 atom stereocenters. The van der Waals surface area contributed by atoms with E-state index in [4.69, 9.17) is 4.74 Å². The Morgan fingerprint density at radius 3 is 2.42 bits per heavy atom. The zero-order valence-corrected chi connectivity index (χ0v) is 15.4. The highest BCUT2D eigenvalue weighted by molar-refractivity contribution is 5.74. The van der Waals surface area contributed by atoms with Gasteiger partial charge in [-0.05, 0) is 30.7 Å². The molecule has 26 heavy (non-hydrogen) atoms. The number of nitrogens with zero attached hydrogens (tertiary/aromatic N) is 2. The third-order valence-electron chi connectivity index (χ3n) is 5.01. The lowest BCUT2D eigenvalue weighted by atomic mass is 10.0. The third-order valence-corrected chi connectivity index (χ3v) is 5.01. The number of benzene rings is 2. The van der Waals surface area contributed by atoms with Crippen molar-refractivity contribution in [2.24, 2.45) is 0 Å². The number of ether oxygens (including phenoxy) is 1. The maximum atomic E-state index is 11.9. The molecule has 1 fully saturated rings. The monoisotopic (exact) mass is 354 g/mol. The second-order valence-electron chi connectivity index (χ2n) is 6.73. The van der Waals surface area contributed by atoms with Crippen LogP contribution in [0, 0.1) is 6.92 Å². The van der Waals surface area contributed by atoms with Crippen molar-refractivity contribution < 1.29 is 14.6 Å². The summed E-state index contributed by atoms with van der Waals surface area (Å²) in [5, 5.41) is 9.81. The molecule has 2 aromatic rings. The van der Waals surface area contributed by atoms with Gasteiger partial charge in [0, 0.05) is 38.3 Å². The Labute approximate surface area is 154 Å². The Kier molecular flexibility index (Phi) is 5.78. The number of aliphatic carboxylic acids is 1. The molecule has 0 unspecified atom stereocenters. The Morgan fingerprint density at radius 1 is 1.12 bits per heavy atom. The zero-order chi connectivity index (χ0) is 18.5. The van der Waals surface area contributed by atoms with Crippen LogP contribution in [0.3, 0.4) is 0 Å². The quantitative estimate of drug-likeness (QED) is 0.864. The van der Waals surface area contributed by atoms with E-state index in [2.05, 4.69) is 21.9 Å². The molecule has 0 saturated carbocycles. The number of carboxylic acids is 1.